The van der Waals surface area contributed by atoms with Crippen LogP contribution in [0.4, 0.5) is 0 Å². The number of carbonyl (C=O) groups excluding carboxylic acids is 1. The molecule has 8 heavy (non-hydrogen) atoms. The Labute approximate surface area is 47.8 Å². The van der Waals surface area contributed by atoms with Gasteiger partial charge in [-0.3, -0.25) is 4.79 Å². The van der Waals surface area contributed by atoms with Crippen molar-refractivity contribution < 1.29 is 9.53 Å². The Morgan fingerprint density at radius 1 is 1.50 bits per heavy atom. The minimum Gasteiger partial charge on any atom is -0.462 e. The molecular weight excluding hydrogens is 104 g/mol. The van der Waals surface area contributed by atoms with E-state index in [2.05, 4.69) is 0 Å². The molecule has 2 rings (SSSR count). The fourth-order valence-corrected chi connectivity index (χ4v) is 1.52. The van der Waals surface area contributed by atoms with E-state index in [9.17, 15) is 4.79 Å². The van der Waals surface area contributed by atoms with Gasteiger partial charge in [0, 0.05) is 0 Å². The van der Waals surface area contributed by atoms with Crippen LogP contribution in [0, 0.1) is 5.92 Å². The molecule has 1 unspecified atom stereocenters. The average molecular weight is 112 g/mol. The highest BCUT2D eigenvalue weighted by molar-refractivity contribution is 5.75. The van der Waals surface area contributed by atoms with Crippen molar-refractivity contribution in [2.24, 2.45) is 5.92 Å². The second kappa shape index (κ2) is 1.24. The Hall–Kier alpha value is -0.530. The Kier molecular flexibility index (Phi) is 0.678. The van der Waals surface area contributed by atoms with Gasteiger partial charge in [-0.15, -0.1) is 0 Å². The molecule has 2 nitrogen and oxygen atoms in total. The summed E-state index contributed by atoms with van der Waals surface area (Å²) in [7, 11) is 0. The Morgan fingerprint density at radius 2 is 2.38 bits per heavy atom. The van der Waals surface area contributed by atoms with Crippen LogP contribution in [0.15, 0.2) is 0 Å². The Bertz CT molecular complexity index is 130. The minimum absolute atomic E-state index is 0.0428. The van der Waals surface area contributed by atoms with E-state index in [1.807, 2.05) is 0 Å². The normalized spacial score (nSPS) is 42.8. The van der Waals surface area contributed by atoms with Crippen LogP contribution >= 0.6 is 0 Å². The highest BCUT2D eigenvalue weighted by atomic mass is 16.6. The number of ether oxygens (including phenoxy) is 1. The molecule has 0 N–H and O–H groups in total. The monoisotopic (exact) mass is 112 g/mol. The van der Waals surface area contributed by atoms with Crippen LogP contribution in [0.25, 0.3) is 0 Å². The molecule has 0 amide bonds. The SMILES string of the molecule is O=C1OC2CC[C@H]1C2. The molecule has 2 atom stereocenters. The smallest absolute Gasteiger partial charge is 0.309 e. The average Bonchev–Trinajstić information content (AvgIpc) is 2.23. The molecule has 0 radical (unpaired) electrons. The molecule has 0 aromatic heterocycles. The summed E-state index contributed by atoms with van der Waals surface area (Å²) in [5, 5.41) is 0. The summed E-state index contributed by atoms with van der Waals surface area (Å²) in [5.41, 5.74) is 0. The predicted molar refractivity (Wildman–Crippen MR) is 27.2 cm³/mol. The van der Waals surface area contributed by atoms with Crippen molar-refractivity contribution in [2.75, 3.05) is 0 Å². The number of hydrogen-bond acceptors (Lipinski definition) is 2. The van der Waals surface area contributed by atoms with Crippen LogP contribution < -0.4 is 0 Å². The van der Waals surface area contributed by atoms with E-state index < -0.39 is 0 Å². The van der Waals surface area contributed by atoms with Crippen LogP contribution in [0.2, 0.25) is 0 Å². The molecule has 0 spiro atoms. The quantitative estimate of drug-likeness (QED) is 0.431. The summed E-state index contributed by atoms with van der Waals surface area (Å²) < 4.78 is 4.92. The third-order valence-corrected chi connectivity index (χ3v) is 2.00. The summed E-state index contributed by atoms with van der Waals surface area (Å²) in [4.78, 5) is 10.6. The second-order valence-electron chi connectivity index (χ2n) is 2.57. The molecule has 2 bridgehead atoms. The first kappa shape index (κ1) is 4.36. The highest BCUT2D eigenvalue weighted by Gasteiger charge is 2.40. The largest absolute Gasteiger partial charge is 0.462 e. The summed E-state index contributed by atoms with van der Waals surface area (Å²) in [6.07, 6.45) is 3.48. The highest BCUT2D eigenvalue weighted by Crippen LogP contribution is 2.35. The van der Waals surface area contributed by atoms with E-state index in [0.717, 1.165) is 19.3 Å². The summed E-state index contributed by atoms with van der Waals surface area (Å²) in [5.74, 6) is 0.321. The van der Waals surface area contributed by atoms with Crippen LogP contribution in [0.3, 0.4) is 0 Å². The van der Waals surface area contributed by atoms with E-state index in [4.69, 9.17) is 4.74 Å². The van der Waals surface area contributed by atoms with Crippen molar-refractivity contribution in [1.29, 1.82) is 0 Å². The van der Waals surface area contributed by atoms with Gasteiger partial charge >= 0.3 is 5.97 Å². The number of esters is 1. The van der Waals surface area contributed by atoms with Crippen molar-refractivity contribution in [2.45, 2.75) is 25.4 Å². The van der Waals surface area contributed by atoms with Crippen LogP contribution in [0.5, 0.6) is 0 Å². The summed E-state index contributed by atoms with van der Waals surface area (Å²) in [6.45, 7) is 0. The van der Waals surface area contributed by atoms with Gasteiger partial charge in [0.25, 0.3) is 0 Å². The number of carbonyl (C=O) groups is 1. The summed E-state index contributed by atoms with van der Waals surface area (Å²) >= 11 is 0. The lowest BCUT2D eigenvalue weighted by Crippen LogP contribution is -2.13. The molecule has 1 saturated carbocycles. The van der Waals surface area contributed by atoms with Gasteiger partial charge in [0.1, 0.15) is 6.10 Å². The number of rotatable bonds is 0. The molecule has 44 valence electrons. The molecule has 2 fully saturated rings. The van der Waals surface area contributed by atoms with Gasteiger partial charge in [-0.25, -0.2) is 0 Å². The van der Waals surface area contributed by atoms with Crippen molar-refractivity contribution in [3.8, 4) is 0 Å². The van der Waals surface area contributed by atoms with E-state index >= 15 is 0 Å². The van der Waals surface area contributed by atoms with Crippen molar-refractivity contribution in [3.05, 3.63) is 0 Å². The van der Waals surface area contributed by atoms with Gasteiger partial charge in [-0.2, -0.15) is 0 Å². The van der Waals surface area contributed by atoms with Crippen LogP contribution in [-0.2, 0) is 9.53 Å². The zero-order valence-corrected chi connectivity index (χ0v) is 4.59. The predicted octanol–water partition coefficient (Wildman–Crippen LogP) is 0.712. The fraction of sp³-hybridized carbons (Fsp3) is 0.833. The zero-order valence-electron chi connectivity index (χ0n) is 4.59. The standard InChI is InChI=1S/C6H8O2/c7-6-4-1-2-5(3-4)8-6/h4-5H,1-3H2/t4-,5?/m0/s1. The van der Waals surface area contributed by atoms with Crippen molar-refractivity contribution in [1.82, 2.24) is 0 Å². The van der Waals surface area contributed by atoms with Crippen LogP contribution in [-0.4, -0.2) is 12.1 Å². The maximum absolute atomic E-state index is 10.6. The molecule has 0 aromatic carbocycles. The minimum atomic E-state index is 0.0428. The maximum Gasteiger partial charge on any atom is 0.309 e. The molecule has 1 saturated heterocycles. The third kappa shape index (κ3) is 0.403. The number of hydrogen-bond donors (Lipinski definition) is 0. The van der Waals surface area contributed by atoms with Gasteiger partial charge in [-0.1, -0.05) is 0 Å². The molecule has 2 heteroatoms. The summed E-state index contributed by atoms with van der Waals surface area (Å²) in [6, 6.07) is 0. The van der Waals surface area contributed by atoms with Gasteiger partial charge < -0.3 is 4.74 Å². The molecule has 1 aliphatic heterocycles. The van der Waals surface area contributed by atoms with Gasteiger partial charge in [0.2, 0.25) is 0 Å². The van der Waals surface area contributed by atoms with Gasteiger partial charge in [0.15, 0.2) is 0 Å². The van der Waals surface area contributed by atoms with E-state index in [-0.39, 0.29) is 11.9 Å². The lowest BCUT2D eigenvalue weighted by molar-refractivity contribution is -0.147. The first-order valence-corrected chi connectivity index (χ1v) is 3.07. The fourth-order valence-electron chi connectivity index (χ4n) is 1.52. The Morgan fingerprint density at radius 3 is 2.62 bits per heavy atom. The van der Waals surface area contributed by atoms with Crippen molar-refractivity contribution in [3.63, 3.8) is 0 Å². The molecule has 1 aliphatic carbocycles. The molecule has 1 heterocycles. The lowest BCUT2D eigenvalue weighted by atomic mass is 10.1. The molecular formula is C6H8O2. The van der Waals surface area contributed by atoms with E-state index in [0.29, 0.717) is 6.10 Å². The van der Waals surface area contributed by atoms with Crippen molar-refractivity contribution >= 4 is 5.97 Å². The topological polar surface area (TPSA) is 26.3 Å². The first-order chi connectivity index (χ1) is 3.86. The van der Waals surface area contributed by atoms with Gasteiger partial charge in [-0.05, 0) is 19.3 Å². The lowest BCUT2D eigenvalue weighted by Gasteiger charge is -2.07. The maximum atomic E-state index is 10.6. The van der Waals surface area contributed by atoms with E-state index in [1.54, 1.807) is 0 Å². The number of fused-ring (bicyclic) bond motifs is 2. The third-order valence-electron chi connectivity index (χ3n) is 2.00. The molecule has 0 aromatic rings. The second-order valence-corrected chi connectivity index (χ2v) is 2.57. The molecule has 2 aliphatic rings. The van der Waals surface area contributed by atoms with E-state index in [1.165, 1.54) is 0 Å². The van der Waals surface area contributed by atoms with Gasteiger partial charge in [0.05, 0.1) is 5.92 Å². The zero-order chi connectivity index (χ0) is 5.56. The van der Waals surface area contributed by atoms with Crippen LogP contribution in [0.1, 0.15) is 19.3 Å². The first-order valence-electron chi connectivity index (χ1n) is 3.07. The Balaban J connectivity index is 2.22.